The summed E-state index contributed by atoms with van der Waals surface area (Å²) in [6.45, 7) is 6.81. The number of amides is 1. The number of piperidine rings is 1. The van der Waals surface area contributed by atoms with Gasteiger partial charge in [0.2, 0.25) is 0 Å². The van der Waals surface area contributed by atoms with E-state index in [1.807, 2.05) is 17.0 Å². The van der Waals surface area contributed by atoms with Gasteiger partial charge in [-0.1, -0.05) is 31.2 Å². The van der Waals surface area contributed by atoms with Crippen molar-refractivity contribution in [2.75, 3.05) is 38.0 Å². The second kappa shape index (κ2) is 9.58. The number of rotatable bonds is 6. The predicted molar refractivity (Wildman–Crippen MR) is 118 cm³/mol. The first-order valence-electron chi connectivity index (χ1n) is 11.0. The van der Waals surface area contributed by atoms with E-state index in [1.54, 1.807) is 6.20 Å². The molecule has 1 atom stereocenters. The van der Waals surface area contributed by atoms with Crippen molar-refractivity contribution in [3.05, 3.63) is 59.3 Å². The number of fused-ring (bicyclic) bond motifs is 1. The summed E-state index contributed by atoms with van der Waals surface area (Å²) in [5.74, 6) is 1.44. The van der Waals surface area contributed by atoms with Crippen LogP contribution >= 0.6 is 0 Å². The van der Waals surface area contributed by atoms with Gasteiger partial charge in [-0.25, -0.2) is 4.98 Å². The maximum absolute atomic E-state index is 12.6. The monoisotopic (exact) mass is 408 g/mol. The van der Waals surface area contributed by atoms with Gasteiger partial charge in [-0.15, -0.1) is 0 Å². The summed E-state index contributed by atoms with van der Waals surface area (Å²) in [7, 11) is 0. The van der Waals surface area contributed by atoms with Crippen molar-refractivity contribution < 1.29 is 9.90 Å². The van der Waals surface area contributed by atoms with Crippen LogP contribution in [0.1, 0.15) is 41.3 Å². The van der Waals surface area contributed by atoms with Gasteiger partial charge < -0.3 is 15.3 Å². The number of nitrogens with one attached hydrogen (secondary N) is 1. The first kappa shape index (κ1) is 20.8. The molecule has 1 amide bonds. The van der Waals surface area contributed by atoms with Crippen molar-refractivity contribution in [2.24, 2.45) is 5.92 Å². The molecule has 2 aliphatic rings. The zero-order valence-electron chi connectivity index (χ0n) is 17.8. The number of likely N-dealkylation sites (tertiary alicyclic amines) is 1. The summed E-state index contributed by atoms with van der Waals surface area (Å²) < 4.78 is 0. The van der Waals surface area contributed by atoms with E-state index in [4.69, 9.17) is 0 Å². The van der Waals surface area contributed by atoms with Crippen LogP contribution in [0.25, 0.3) is 0 Å². The number of carbonyl (C=O) groups excluding carboxylic acids is 1. The van der Waals surface area contributed by atoms with Crippen LogP contribution in [0.2, 0.25) is 0 Å². The molecule has 0 radical (unpaired) electrons. The highest BCUT2D eigenvalue weighted by Crippen LogP contribution is 2.19. The molecule has 6 heteroatoms. The minimum atomic E-state index is -0.478. The zero-order chi connectivity index (χ0) is 20.9. The van der Waals surface area contributed by atoms with Crippen LogP contribution < -0.4 is 5.32 Å². The lowest BCUT2D eigenvalue weighted by molar-refractivity contribution is 0.0697. The number of pyridine rings is 1. The summed E-state index contributed by atoms with van der Waals surface area (Å²) >= 11 is 0. The van der Waals surface area contributed by atoms with E-state index in [9.17, 15) is 9.90 Å². The third-order valence-corrected chi connectivity index (χ3v) is 6.28. The van der Waals surface area contributed by atoms with E-state index in [2.05, 4.69) is 46.4 Å². The van der Waals surface area contributed by atoms with E-state index in [-0.39, 0.29) is 5.91 Å². The second-order valence-corrected chi connectivity index (χ2v) is 8.70. The van der Waals surface area contributed by atoms with Gasteiger partial charge in [-0.3, -0.25) is 9.69 Å². The fourth-order valence-corrected chi connectivity index (χ4v) is 4.31. The number of hydrogen-bond donors (Lipinski definition) is 2. The average molecular weight is 409 g/mol. The quantitative estimate of drug-likeness (QED) is 0.769. The highest BCUT2D eigenvalue weighted by atomic mass is 16.3. The lowest BCUT2D eigenvalue weighted by Gasteiger charge is -2.30. The molecule has 6 nitrogen and oxygen atoms in total. The Morgan fingerprint density at radius 3 is 2.67 bits per heavy atom. The molecule has 1 unspecified atom stereocenters. The summed E-state index contributed by atoms with van der Waals surface area (Å²) in [6, 6.07) is 12.2. The molecule has 1 fully saturated rings. The van der Waals surface area contributed by atoms with Crippen LogP contribution in [0.3, 0.4) is 0 Å². The number of hydrogen-bond acceptors (Lipinski definition) is 5. The summed E-state index contributed by atoms with van der Waals surface area (Å²) in [6.07, 6.45) is 4.33. The molecule has 2 aromatic rings. The standard InChI is InChI=1S/C24H32N4O2/c1-18-8-12-28(13-9-18)24(30)20-6-7-23(25-14-20)26-15-22(29)17-27-11-10-19-4-2-3-5-21(19)16-27/h2-7,14,18,22,29H,8-13,15-17H2,1H3,(H,25,26). The molecule has 0 aliphatic carbocycles. The van der Waals surface area contributed by atoms with Gasteiger partial charge in [-0.05, 0) is 48.4 Å². The molecule has 0 spiro atoms. The van der Waals surface area contributed by atoms with Gasteiger partial charge >= 0.3 is 0 Å². The normalized spacial score (nSPS) is 18.7. The maximum atomic E-state index is 12.6. The predicted octanol–water partition coefficient (Wildman–Crippen LogP) is 2.78. The summed E-state index contributed by atoms with van der Waals surface area (Å²) in [4.78, 5) is 21.2. The van der Waals surface area contributed by atoms with Crippen LogP contribution in [0.5, 0.6) is 0 Å². The van der Waals surface area contributed by atoms with Crippen LogP contribution in [-0.4, -0.2) is 64.6 Å². The van der Waals surface area contributed by atoms with Gasteiger partial charge in [0, 0.05) is 45.5 Å². The Balaban J connectivity index is 1.23. The lowest BCUT2D eigenvalue weighted by Crippen LogP contribution is -2.39. The first-order valence-corrected chi connectivity index (χ1v) is 11.0. The number of carbonyl (C=O) groups is 1. The molecule has 2 aliphatic heterocycles. The molecule has 160 valence electrons. The van der Waals surface area contributed by atoms with Gasteiger partial charge in [-0.2, -0.15) is 0 Å². The van der Waals surface area contributed by atoms with E-state index in [0.717, 1.165) is 45.4 Å². The van der Waals surface area contributed by atoms with Crippen molar-refractivity contribution in [1.29, 1.82) is 0 Å². The van der Waals surface area contributed by atoms with Crippen LogP contribution in [0, 0.1) is 5.92 Å². The van der Waals surface area contributed by atoms with Crippen LogP contribution in [0.15, 0.2) is 42.6 Å². The molecule has 0 bridgehead atoms. The van der Waals surface area contributed by atoms with Crippen molar-refractivity contribution in [2.45, 2.75) is 38.8 Å². The topological polar surface area (TPSA) is 68.7 Å². The maximum Gasteiger partial charge on any atom is 0.255 e. The van der Waals surface area contributed by atoms with E-state index in [1.165, 1.54) is 11.1 Å². The number of aliphatic hydroxyl groups is 1. The van der Waals surface area contributed by atoms with Gasteiger partial charge in [0.25, 0.3) is 5.91 Å². The SMILES string of the molecule is CC1CCN(C(=O)c2ccc(NCC(O)CN3CCc4ccccc4C3)nc2)CC1. The van der Waals surface area contributed by atoms with Crippen LogP contribution in [0.4, 0.5) is 5.82 Å². The fourth-order valence-electron chi connectivity index (χ4n) is 4.31. The highest BCUT2D eigenvalue weighted by Gasteiger charge is 2.22. The smallest absolute Gasteiger partial charge is 0.255 e. The molecule has 1 aromatic heterocycles. The highest BCUT2D eigenvalue weighted by molar-refractivity contribution is 5.94. The molecular formula is C24H32N4O2. The molecule has 1 saturated heterocycles. The van der Waals surface area contributed by atoms with Gasteiger partial charge in [0.05, 0.1) is 11.7 Å². The fraction of sp³-hybridized carbons (Fsp3) is 0.500. The minimum Gasteiger partial charge on any atom is -0.390 e. The molecule has 30 heavy (non-hydrogen) atoms. The third-order valence-electron chi connectivity index (χ3n) is 6.28. The number of benzene rings is 1. The minimum absolute atomic E-state index is 0.0614. The van der Waals surface area contributed by atoms with Crippen molar-refractivity contribution >= 4 is 11.7 Å². The van der Waals surface area contributed by atoms with Gasteiger partial charge in [0.15, 0.2) is 0 Å². The Bertz CT molecular complexity index is 847. The lowest BCUT2D eigenvalue weighted by atomic mass is 9.99. The number of β-amino-alcohol motifs (C(OH)–C–C–N with tert-alkyl or cyclic N) is 1. The van der Waals surface area contributed by atoms with Crippen LogP contribution in [-0.2, 0) is 13.0 Å². The number of aliphatic hydroxyl groups excluding tert-OH is 1. The van der Waals surface area contributed by atoms with E-state index >= 15 is 0 Å². The van der Waals surface area contributed by atoms with Gasteiger partial charge in [0.1, 0.15) is 5.82 Å². The summed E-state index contributed by atoms with van der Waals surface area (Å²) in [5, 5.41) is 13.6. The number of aromatic nitrogens is 1. The summed E-state index contributed by atoms with van der Waals surface area (Å²) in [5.41, 5.74) is 3.40. The first-order chi connectivity index (χ1) is 14.6. The number of nitrogens with zero attached hydrogens (tertiary/aromatic N) is 3. The molecule has 1 aromatic carbocycles. The Labute approximate surface area is 178 Å². The Kier molecular flexibility index (Phi) is 6.65. The Morgan fingerprint density at radius 2 is 1.93 bits per heavy atom. The van der Waals surface area contributed by atoms with Crippen molar-refractivity contribution in [1.82, 2.24) is 14.8 Å². The second-order valence-electron chi connectivity index (χ2n) is 8.70. The Morgan fingerprint density at radius 1 is 1.17 bits per heavy atom. The van der Waals surface area contributed by atoms with Crippen molar-refractivity contribution in [3.8, 4) is 0 Å². The molecule has 4 rings (SSSR count). The molecule has 0 saturated carbocycles. The van der Waals surface area contributed by atoms with E-state index < -0.39 is 6.10 Å². The average Bonchev–Trinajstić information content (AvgIpc) is 2.78. The largest absolute Gasteiger partial charge is 0.390 e. The van der Waals surface area contributed by atoms with Crippen molar-refractivity contribution in [3.63, 3.8) is 0 Å². The zero-order valence-corrected chi connectivity index (χ0v) is 17.8. The number of anilines is 1. The Hall–Kier alpha value is -2.44. The third kappa shape index (κ3) is 5.18. The molecular weight excluding hydrogens is 376 g/mol. The molecule has 2 N–H and O–H groups in total. The van der Waals surface area contributed by atoms with E-state index in [0.29, 0.717) is 30.4 Å². The molecule has 3 heterocycles.